The van der Waals surface area contributed by atoms with Gasteiger partial charge in [-0.15, -0.1) is 0 Å². The molecule has 0 aromatic carbocycles. The Morgan fingerprint density at radius 1 is 0.516 bits per heavy atom. The maximum Gasteiger partial charge on any atom is 1.00 e. The van der Waals surface area contributed by atoms with Crippen LogP contribution in [0.15, 0.2) is 0 Å². The summed E-state index contributed by atoms with van der Waals surface area (Å²) >= 11 is 0. The van der Waals surface area contributed by atoms with Gasteiger partial charge in [0, 0.05) is 24.8 Å². The molecule has 31 heavy (non-hydrogen) atoms. The van der Waals surface area contributed by atoms with Crippen molar-refractivity contribution in [1.82, 2.24) is 0 Å². The minimum Gasteiger partial charge on any atom is -1.00 e. The van der Waals surface area contributed by atoms with Gasteiger partial charge in [0.05, 0.1) is 5.97 Å². The van der Waals surface area contributed by atoms with Gasteiger partial charge in [-0.2, -0.15) is 0 Å². The molecule has 0 saturated carbocycles. The van der Waals surface area contributed by atoms with E-state index in [1.54, 1.807) is 0 Å². The van der Waals surface area contributed by atoms with Crippen LogP contribution >= 0.6 is 0 Å². The summed E-state index contributed by atoms with van der Waals surface area (Å²) in [6, 6.07) is 0. The van der Waals surface area contributed by atoms with E-state index >= 15 is 0 Å². The summed E-state index contributed by atoms with van der Waals surface area (Å²) in [5.41, 5.74) is -2.97. The zero-order valence-electron chi connectivity index (χ0n) is 39.3. The number of carbonyl (C=O) groups excluding carboxylic acids is 3. The topological polar surface area (TPSA) is 141 Å². The van der Waals surface area contributed by atoms with E-state index < -0.39 is 36.4 Å². The number of carboxylic acid groups (broad SMARTS) is 3. The molecule has 0 aromatic heterocycles. The maximum atomic E-state index is 10.1. The molecule has 0 aliphatic heterocycles. The smallest absolute Gasteiger partial charge is 1.00 e. The van der Waals surface area contributed by atoms with Gasteiger partial charge in [0.1, 0.15) is 5.60 Å². The Hall–Kier alpha value is 22.1. The number of carboxylic acids is 3. The standard InChI is InChI=1S/C6H8O7.9K.9Na.15H/c7-3(8)1-6(13,5(11)12)2-4(9)10;;;;;;;;;;;;;;;;;;;;;;;;;;;;;;;;;/h13H,1-2H2,(H,7,8)(H,9,10)(H,11,12);;;;;;;;;;;;;;;;;;;;;;;;;;;;;;;;;/q;18*+1;15*-1/p-3. The third kappa shape index (κ3) is 90.1. The van der Waals surface area contributed by atoms with E-state index in [1.807, 2.05) is 0 Å². The van der Waals surface area contributed by atoms with Crippen LogP contribution in [0.3, 0.4) is 0 Å². The van der Waals surface area contributed by atoms with Crippen LogP contribution in [-0.2, 0) is 14.4 Å². The van der Waals surface area contributed by atoms with Gasteiger partial charge in [-0.25, -0.2) is 0 Å². The van der Waals surface area contributed by atoms with E-state index in [2.05, 4.69) is 0 Å². The molecule has 0 aromatic rings. The summed E-state index contributed by atoms with van der Waals surface area (Å²) in [5.74, 6) is -5.98. The first-order valence-corrected chi connectivity index (χ1v) is 3.11. The first kappa shape index (κ1) is 124. The van der Waals surface area contributed by atoms with E-state index in [1.165, 1.54) is 0 Å². The normalized spacial score (nSPS) is 4.55. The van der Waals surface area contributed by atoms with Gasteiger partial charge in [-0.1, -0.05) is 0 Å². The molecule has 0 rings (SSSR count). The predicted octanol–water partition coefficient (Wildman–Crippen LogP) is -57.5. The molecular formula is C6H20K9Na9O7. The molecule has 0 spiro atoms. The summed E-state index contributed by atoms with van der Waals surface area (Å²) in [7, 11) is 0. The molecule has 0 amide bonds. The molecular weight excluding hydrogens is 743 g/mol. The molecule has 0 aliphatic rings. The summed E-state index contributed by atoms with van der Waals surface area (Å²) in [4.78, 5) is 30.0. The molecule has 0 unspecified atom stereocenters. The molecule has 7 nitrogen and oxygen atoms in total. The van der Waals surface area contributed by atoms with Gasteiger partial charge in [0.15, 0.2) is 0 Å². The number of aliphatic carboxylic acids is 3. The number of hydrogen-bond acceptors (Lipinski definition) is 7. The number of carbonyl (C=O) groups is 3. The minimum absolute atomic E-state index is 0. The third-order valence-corrected chi connectivity index (χ3v) is 1.25. The Kier molecular flexibility index (Phi) is 356. The second kappa shape index (κ2) is 89.0. The molecule has 0 saturated heterocycles. The van der Waals surface area contributed by atoms with Crippen molar-refractivity contribution >= 4 is 17.9 Å². The van der Waals surface area contributed by atoms with Crippen LogP contribution < -0.4 is 744 Å². The van der Waals surface area contributed by atoms with Crippen LogP contribution in [0.2, 0.25) is 0 Å². The second-order valence-corrected chi connectivity index (χ2v) is 2.42. The first-order chi connectivity index (χ1) is 5.78. The first-order valence-electron chi connectivity index (χ1n) is 3.11. The van der Waals surface area contributed by atoms with E-state index in [0.717, 1.165) is 0 Å². The SMILES string of the molecule is O=C([O-])CC(O)(CC(=O)[O-])C(=O)[O-].[H-].[H-].[H-].[H-].[H-].[H-].[H-].[H-].[H-].[H-].[H-].[H-].[H-].[H-].[H-].[K+].[K+].[K+].[K+].[K+].[K+].[K+].[K+].[K+].[Na+].[Na+].[Na+].[Na+].[Na+].[Na+].[Na+].[Na+].[Na+]. The molecule has 0 aliphatic carbocycles. The van der Waals surface area contributed by atoms with Crippen molar-refractivity contribution in [2.24, 2.45) is 0 Å². The second-order valence-electron chi connectivity index (χ2n) is 2.42. The summed E-state index contributed by atoms with van der Waals surface area (Å²) in [5, 5.41) is 38.9. The van der Waals surface area contributed by atoms with Gasteiger partial charge in [0.2, 0.25) is 0 Å². The molecule has 0 radical (unpaired) electrons. The van der Waals surface area contributed by atoms with Crippen LogP contribution in [0.4, 0.5) is 0 Å². The van der Waals surface area contributed by atoms with E-state index in [-0.39, 0.29) is 750 Å². The number of aliphatic hydroxyl groups is 1. The molecule has 0 bridgehead atoms. The zero-order chi connectivity index (χ0) is 10.6. The van der Waals surface area contributed by atoms with Crippen molar-refractivity contribution < 1.29 is 785 Å². The third-order valence-electron chi connectivity index (χ3n) is 1.25. The van der Waals surface area contributed by atoms with Gasteiger partial charge in [-0.05, 0) is 0 Å². The molecule has 0 heterocycles. The maximum absolute atomic E-state index is 10.1. The molecule has 0 atom stereocenters. The molecule has 104 valence electrons. The molecule has 0 fully saturated rings. The van der Waals surface area contributed by atoms with Gasteiger partial charge < -0.3 is 56.2 Å². The van der Waals surface area contributed by atoms with Crippen LogP contribution in [0, 0.1) is 0 Å². The Balaban J connectivity index is -0.00000000136. The fourth-order valence-electron chi connectivity index (χ4n) is 0.684. The van der Waals surface area contributed by atoms with Gasteiger partial charge in [-0.3, -0.25) is 0 Å². The van der Waals surface area contributed by atoms with Crippen molar-refractivity contribution in [2.75, 3.05) is 0 Å². The average molecular weight is 763 g/mol. The van der Waals surface area contributed by atoms with Crippen molar-refractivity contribution in [3.8, 4) is 0 Å². The Morgan fingerprint density at radius 3 is 0.710 bits per heavy atom. The van der Waals surface area contributed by atoms with E-state index in [0.29, 0.717) is 0 Å². The Labute approximate surface area is 791 Å². The monoisotopic (exact) mass is 762 g/mol. The van der Waals surface area contributed by atoms with Gasteiger partial charge >= 0.3 is 728 Å². The fourth-order valence-corrected chi connectivity index (χ4v) is 0.684. The molecule has 1 N–H and O–H groups in total. The predicted molar refractivity (Wildman–Crippen MR) is 45.9 cm³/mol. The van der Waals surface area contributed by atoms with Crippen LogP contribution in [-0.4, -0.2) is 28.6 Å². The van der Waals surface area contributed by atoms with Crippen LogP contribution in [0.25, 0.3) is 0 Å². The van der Waals surface area contributed by atoms with E-state index in [4.69, 9.17) is 5.11 Å². The van der Waals surface area contributed by atoms with Crippen LogP contribution in [0.5, 0.6) is 0 Å². The van der Waals surface area contributed by atoms with Crippen molar-refractivity contribution in [2.45, 2.75) is 18.4 Å². The van der Waals surface area contributed by atoms with Gasteiger partial charge in [0.25, 0.3) is 0 Å². The zero-order valence-corrected chi connectivity index (χ0v) is 70.4. The van der Waals surface area contributed by atoms with Crippen molar-refractivity contribution in [3.63, 3.8) is 0 Å². The minimum atomic E-state index is -2.97. The quantitative estimate of drug-likeness (QED) is 0.275. The average Bonchev–Trinajstić information content (AvgIpc) is 1.82. The fraction of sp³-hybridized carbons (Fsp3) is 0.500. The molecule has 25 heteroatoms. The summed E-state index contributed by atoms with van der Waals surface area (Å²) in [6.07, 6.45) is -2.72. The summed E-state index contributed by atoms with van der Waals surface area (Å²) in [6.45, 7) is 0. The summed E-state index contributed by atoms with van der Waals surface area (Å²) < 4.78 is 0. The number of hydrogen-bond donors (Lipinski definition) is 1. The number of rotatable bonds is 5. The Morgan fingerprint density at radius 2 is 0.645 bits per heavy atom. The Bertz CT molecular complexity index is 318. The van der Waals surface area contributed by atoms with Crippen molar-refractivity contribution in [1.29, 1.82) is 0 Å². The van der Waals surface area contributed by atoms with Crippen LogP contribution in [0.1, 0.15) is 34.2 Å². The van der Waals surface area contributed by atoms with E-state index in [9.17, 15) is 29.7 Å². The largest absolute Gasteiger partial charge is 1.00 e. The van der Waals surface area contributed by atoms with Crippen molar-refractivity contribution in [3.05, 3.63) is 0 Å².